The monoisotopic (exact) mass is 282 g/mol. The van der Waals surface area contributed by atoms with Gasteiger partial charge in [0.05, 0.1) is 30.2 Å². The lowest BCUT2D eigenvalue weighted by atomic mass is 10.3. The fraction of sp³-hybridized carbons (Fsp3) is 0.300. The lowest BCUT2D eigenvalue weighted by molar-refractivity contribution is -0.141. The van der Waals surface area contributed by atoms with E-state index < -0.39 is 0 Å². The molecule has 0 unspecified atom stereocenters. The molecule has 16 heavy (non-hydrogen) atoms. The zero-order valence-electron chi connectivity index (χ0n) is 8.43. The molecule has 0 radical (unpaired) electrons. The lowest BCUT2D eigenvalue weighted by Crippen LogP contribution is -2.07. The van der Waals surface area contributed by atoms with Crippen molar-refractivity contribution in [2.75, 3.05) is 13.7 Å². The Morgan fingerprint density at radius 1 is 1.25 bits per heavy atom. The molecule has 0 aliphatic heterocycles. The molecule has 0 bridgehead atoms. The Hall–Kier alpha value is -0.640. The predicted octanol–water partition coefficient (Wildman–Crippen LogP) is 3.59. The maximum Gasteiger partial charge on any atom is 0.308 e. The van der Waals surface area contributed by atoms with Gasteiger partial charge in [-0.1, -0.05) is 34.8 Å². The average molecular weight is 284 g/mol. The van der Waals surface area contributed by atoms with E-state index in [1.165, 1.54) is 19.2 Å². The van der Waals surface area contributed by atoms with Gasteiger partial charge in [-0.15, -0.1) is 0 Å². The van der Waals surface area contributed by atoms with Crippen LogP contribution in [0.4, 0.5) is 0 Å². The number of hydrogen-bond donors (Lipinski definition) is 0. The molecular weight excluding hydrogens is 274 g/mol. The van der Waals surface area contributed by atoms with Crippen molar-refractivity contribution in [1.29, 1.82) is 0 Å². The number of halogens is 3. The minimum Gasteiger partial charge on any atom is -0.490 e. The number of carbonyl (C=O) groups excluding carboxylic acids is 1. The smallest absolute Gasteiger partial charge is 0.308 e. The number of methoxy groups -OCH3 is 1. The molecule has 6 heteroatoms. The Balaban J connectivity index is 2.64. The number of benzene rings is 1. The molecule has 0 aliphatic carbocycles. The largest absolute Gasteiger partial charge is 0.490 e. The van der Waals surface area contributed by atoms with Crippen molar-refractivity contribution < 1.29 is 14.3 Å². The van der Waals surface area contributed by atoms with E-state index in [0.717, 1.165) is 0 Å². The second kappa shape index (κ2) is 6.18. The second-order valence-corrected chi connectivity index (χ2v) is 4.12. The number of esters is 1. The highest BCUT2D eigenvalue weighted by atomic mass is 35.5. The van der Waals surface area contributed by atoms with Gasteiger partial charge in [0, 0.05) is 5.02 Å². The molecule has 0 spiro atoms. The third-order valence-corrected chi connectivity index (χ3v) is 2.52. The van der Waals surface area contributed by atoms with Crippen LogP contribution in [0.5, 0.6) is 5.75 Å². The summed E-state index contributed by atoms with van der Waals surface area (Å²) >= 11 is 17.5. The van der Waals surface area contributed by atoms with Gasteiger partial charge in [0.25, 0.3) is 0 Å². The summed E-state index contributed by atoms with van der Waals surface area (Å²) in [6.45, 7) is 0.147. The van der Waals surface area contributed by atoms with Crippen LogP contribution < -0.4 is 4.74 Å². The van der Waals surface area contributed by atoms with Crippen molar-refractivity contribution in [3.63, 3.8) is 0 Å². The third-order valence-electron chi connectivity index (χ3n) is 1.74. The molecule has 0 aliphatic rings. The van der Waals surface area contributed by atoms with Crippen LogP contribution >= 0.6 is 34.8 Å². The Morgan fingerprint density at radius 3 is 2.31 bits per heavy atom. The van der Waals surface area contributed by atoms with E-state index in [4.69, 9.17) is 39.5 Å². The standard InChI is InChI=1S/C10H9Cl3O3/c1-15-9(14)2-3-16-10-7(12)4-6(11)5-8(10)13/h4-5H,2-3H2,1H3. The van der Waals surface area contributed by atoms with Crippen LogP contribution in [0.1, 0.15) is 6.42 Å². The highest BCUT2D eigenvalue weighted by Crippen LogP contribution is 2.35. The first-order chi connectivity index (χ1) is 7.54. The van der Waals surface area contributed by atoms with Crippen LogP contribution in [0.3, 0.4) is 0 Å². The zero-order valence-corrected chi connectivity index (χ0v) is 10.7. The first kappa shape index (κ1) is 13.4. The minimum atomic E-state index is -0.360. The van der Waals surface area contributed by atoms with Crippen molar-refractivity contribution >= 4 is 40.8 Å². The topological polar surface area (TPSA) is 35.5 Å². The van der Waals surface area contributed by atoms with Crippen LogP contribution in [0.15, 0.2) is 12.1 Å². The quantitative estimate of drug-likeness (QED) is 0.792. The van der Waals surface area contributed by atoms with Gasteiger partial charge in [-0.25, -0.2) is 0 Å². The van der Waals surface area contributed by atoms with Gasteiger partial charge in [0.2, 0.25) is 0 Å². The van der Waals surface area contributed by atoms with Crippen molar-refractivity contribution in [2.45, 2.75) is 6.42 Å². The van der Waals surface area contributed by atoms with Gasteiger partial charge in [-0.3, -0.25) is 4.79 Å². The molecule has 0 aromatic heterocycles. The Labute approximate surface area is 108 Å². The molecule has 0 fully saturated rings. The molecule has 0 saturated carbocycles. The van der Waals surface area contributed by atoms with Crippen LogP contribution in [-0.4, -0.2) is 19.7 Å². The fourth-order valence-corrected chi connectivity index (χ4v) is 1.93. The highest BCUT2D eigenvalue weighted by molar-refractivity contribution is 6.40. The molecule has 0 amide bonds. The van der Waals surface area contributed by atoms with Crippen molar-refractivity contribution in [2.24, 2.45) is 0 Å². The molecular formula is C10H9Cl3O3. The summed E-state index contributed by atoms with van der Waals surface area (Å²) in [5.74, 6) is -0.0437. The Bertz CT molecular complexity index is 370. The van der Waals surface area contributed by atoms with Crippen LogP contribution in [0, 0.1) is 0 Å². The highest BCUT2D eigenvalue weighted by Gasteiger charge is 2.10. The SMILES string of the molecule is COC(=O)CCOc1c(Cl)cc(Cl)cc1Cl. The Morgan fingerprint density at radius 2 is 1.81 bits per heavy atom. The van der Waals surface area contributed by atoms with E-state index in [1.807, 2.05) is 0 Å². The summed E-state index contributed by atoms with van der Waals surface area (Å²) in [7, 11) is 1.31. The number of rotatable bonds is 4. The van der Waals surface area contributed by atoms with Gasteiger partial charge in [0.1, 0.15) is 0 Å². The van der Waals surface area contributed by atoms with Gasteiger partial charge in [-0.2, -0.15) is 0 Å². The van der Waals surface area contributed by atoms with Crippen molar-refractivity contribution in [1.82, 2.24) is 0 Å². The zero-order chi connectivity index (χ0) is 12.1. The summed E-state index contributed by atoms with van der Waals surface area (Å²) in [6.07, 6.45) is 0.131. The minimum absolute atomic E-state index is 0.131. The first-order valence-corrected chi connectivity index (χ1v) is 5.52. The lowest BCUT2D eigenvalue weighted by Gasteiger charge is -2.09. The van der Waals surface area contributed by atoms with Gasteiger partial charge in [0.15, 0.2) is 5.75 Å². The molecule has 1 aromatic carbocycles. The molecule has 0 saturated heterocycles. The normalized spacial score (nSPS) is 10.0. The molecule has 1 rings (SSSR count). The summed E-state index contributed by atoms with van der Waals surface area (Å²) < 4.78 is 9.73. The summed E-state index contributed by atoms with van der Waals surface area (Å²) in [5.41, 5.74) is 0. The number of ether oxygens (including phenoxy) is 2. The molecule has 0 heterocycles. The Kier molecular flexibility index (Phi) is 5.19. The van der Waals surface area contributed by atoms with E-state index >= 15 is 0 Å². The van der Waals surface area contributed by atoms with Crippen molar-refractivity contribution in [3.8, 4) is 5.75 Å². The van der Waals surface area contributed by atoms with Crippen molar-refractivity contribution in [3.05, 3.63) is 27.2 Å². The average Bonchev–Trinajstić information content (AvgIpc) is 2.21. The molecule has 88 valence electrons. The van der Waals surface area contributed by atoms with Gasteiger partial charge < -0.3 is 9.47 Å². The third kappa shape index (κ3) is 3.74. The van der Waals surface area contributed by atoms with Crippen LogP contribution in [-0.2, 0) is 9.53 Å². The summed E-state index contributed by atoms with van der Waals surface area (Å²) in [6, 6.07) is 3.03. The predicted molar refractivity (Wildman–Crippen MR) is 63.6 cm³/mol. The summed E-state index contributed by atoms with van der Waals surface area (Å²) in [4.78, 5) is 10.8. The van der Waals surface area contributed by atoms with Crippen LogP contribution in [0.25, 0.3) is 0 Å². The maximum atomic E-state index is 10.8. The molecule has 0 N–H and O–H groups in total. The van der Waals surface area contributed by atoms with Crippen LogP contribution in [0.2, 0.25) is 15.1 Å². The fourth-order valence-electron chi connectivity index (χ4n) is 1.01. The molecule has 0 atom stereocenters. The van der Waals surface area contributed by atoms with E-state index in [9.17, 15) is 4.79 Å². The molecule has 1 aromatic rings. The molecule has 3 nitrogen and oxygen atoms in total. The maximum absolute atomic E-state index is 10.8. The second-order valence-electron chi connectivity index (χ2n) is 2.87. The van der Waals surface area contributed by atoms with Gasteiger partial charge in [-0.05, 0) is 12.1 Å². The van der Waals surface area contributed by atoms with E-state index in [-0.39, 0.29) is 19.0 Å². The summed E-state index contributed by atoms with van der Waals surface area (Å²) in [5, 5.41) is 1.04. The first-order valence-electron chi connectivity index (χ1n) is 4.38. The number of hydrogen-bond acceptors (Lipinski definition) is 3. The van der Waals surface area contributed by atoms with Gasteiger partial charge >= 0.3 is 5.97 Å². The van der Waals surface area contributed by atoms with E-state index in [2.05, 4.69) is 4.74 Å². The van der Waals surface area contributed by atoms with E-state index in [1.54, 1.807) is 0 Å². The number of carbonyl (C=O) groups is 1. The van der Waals surface area contributed by atoms with E-state index in [0.29, 0.717) is 20.8 Å².